The van der Waals surface area contributed by atoms with Gasteiger partial charge >= 0.3 is 6.09 Å². The van der Waals surface area contributed by atoms with Crippen molar-refractivity contribution in [2.45, 2.75) is 44.7 Å². The summed E-state index contributed by atoms with van der Waals surface area (Å²) in [7, 11) is -1.00. The molecule has 8 nitrogen and oxygen atoms in total. The minimum Gasteiger partial charge on any atom is -0.449 e. The van der Waals surface area contributed by atoms with Crippen LogP contribution in [0.4, 0.5) is 9.18 Å². The summed E-state index contributed by atoms with van der Waals surface area (Å²) in [6.45, 7) is 3.81. The van der Waals surface area contributed by atoms with Crippen LogP contribution in [0.15, 0.2) is 48.5 Å². The van der Waals surface area contributed by atoms with Crippen molar-refractivity contribution < 1.29 is 24.9 Å². The van der Waals surface area contributed by atoms with Crippen LogP contribution in [-0.2, 0) is 14.3 Å². The predicted molar refractivity (Wildman–Crippen MR) is 126 cm³/mol. The van der Waals surface area contributed by atoms with E-state index in [0.29, 0.717) is 12.8 Å². The van der Waals surface area contributed by atoms with Crippen LogP contribution in [0.5, 0.6) is 0 Å². The van der Waals surface area contributed by atoms with E-state index < -0.39 is 37.1 Å². The highest BCUT2D eigenvalue weighted by Gasteiger charge is 2.29. The first-order valence-electron chi connectivity index (χ1n) is 11.2. The molecule has 7 N–H and O–H groups in total. The second-order valence-corrected chi connectivity index (χ2v) is 7.25. The number of ether oxygens (including phenoxy) is 1. The fourth-order valence-electron chi connectivity index (χ4n) is 3.36. The predicted octanol–water partition coefficient (Wildman–Crippen LogP) is 2.58. The summed E-state index contributed by atoms with van der Waals surface area (Å²) in [4.78, 5) is 33.2. The van der Waals surface area contributed by atoms with Crippen molar-refractivity contribution in [1.82, 2.24) is 5.32 Å². The molecule has 0 saturated carbocycles. The van der Waals surface area contributed by atoms with Gasteiger partial charge in [0.15, 0.2) is 0 Å². The molecule has 0 aliphatic heterocycles. The first-order chi connectivity index (χ1) is 16.2. The lowest BCUT2D eigenvalue weighted by atomic mass is 9.98. The maximum atomic E-state index is 12.0. The Bertz CT molecular complexity index is 915. The summed E-state index contributed by atoms with van der Waals surface area (Å²) >= 11 is 0. The molecule has 3 amide bonds. The van der Waals surface area contributed by atoms with E-state index in [0.717, 1.165) is 11.1 Å². The number of fused-ring (bicyclic) bond motifs is 3. The zero-order chi connectivity index (χ0) is 25.7. The zero-order valence-electron chi connectivity index (χ0n) is 19.9. The molecule has 9 heteroatoms. The van der Waals surface area contributed by atoms with Crippen LogP contribution < -0.4 is 22.5 Å². The maximum absolute atomic E-state index is 12.0. The van der Waals surface area contributed by atoms with Crippen molar-refractivity contribution in [3.05, 3.63) is 59.7 Å². The average Bonchev–Trinajstić information content (AvgIpc) is 3.15. The van der Waals surface area contributed by atoms with Crippen LogP contribution in [0.3, 0.4) is 0 Å². The van der Waals surface area contributed by atoms with Crippen molar-refractivity contribution in [2.24, 2.45) is 17.2 Å². The Balaban J connectivity index is 0.000000491. The fourth-order valence-corrected chi connectivity index (χ4v) is 3.36. The number of rotatable bonds is 7. The number of nitrogens with one attached hydrogen (secondary N) is 1. The van der Waals surface area contributed by atoms with Gasteiger partial charge in [-0.3, -0.25) is 14.0 Å². The molecular formula is C24H33FN4O4. The average molecular weight is 462 g/mol. The second kappa shape index (κ2) is 13.8. The fraction of sp³-hybridized carbons (Fsp3) is 0.375. The lowest BCUT2D eigenvalue weighted by Gasteiger charge is -2.17. The highest BCUT2D eigenvalue weighted by atomic mass is 19.1. The van der Waals surface area contributed by atoms with Crippen molar-refractivity contribution in [2.75, 3.05) is 13.8 Å². The number of hydrogen-bond acceptors (Lipinski definition) is 5. The van der Waals surface area contributed by atoms with E-state index in [-0.39, 0.29) is 12.5 Å². The maximum Gasteiger partial charge on any atom is 0.407 e. The van der Waals surface area contributed by atoms with E-state index in [4.69, 9.17) is 23.3 Å². The van der Waals surface area contributed by atoms with Crippen LogP contribution in [0, 0.1) is 0 Å². The van der Waals surface area contributed by atoms with E-state index in [1.54, 1.807) is 6.92 Å². The number of alkyl halides is 1. The highest BCUT2D eigenvalue weighted by molar-refractivity contribution is 5.84. The van der Waals surface area contributed by atoms with E-state index >= 15 is 0 Å². The normalized spacial score (nSPS) is 13.4. The number of alkyl carbamates (subject to hydrolysis) is 1. The SMILES string of the molecule is CC[C@@H](N)C(N)=O.CC[C@@H](NC(=O)OCC1c2ccccc2-c2ccccc21)C(N)=O.[2H]CF. The molecule has 0 saturated heterocycles. The first kappa shape index (κ1) is 25.8. The Morgan fingerprint density at radius 1 is 1.00 bits per heavy atom. The molecule has 0 aromatic heterocycles. The lowest BCUT2D eigenvalue weighted by molar-refractivity contribution is -0.120. The molecule has 0 bridgehead atoms. The molecule has 0 fully saturated rings. The van der Waals surface area contributed by atoms with Gasteiger partial charge in [-0.15, -0.1) is 0 Å². The molecule has 33 heavy (non-hydrogen) atoms. The van der Waals surface area contributed by atoms with Gasteiger partial charge in [0, 0.05) is 5.92 Å². The summed E-state index contributed by atoms with van der Waals surface area (Å²) < 4.78 is 20.9. The summed E-state index contributed by atoms with van der Waals surface area (Å²) in [5.41, 5.74) is 19.8. The Morgan fingerprint density at radius 3 is 1.85 bits per heavy atom. The van der Waals surface area contributed by atoms with E-state index in [2.05, 4.69) is 29.6 Å². The van der Waals surface area contributed by atoms with E-state index in [9.17, 15) is 18.8 Å². The van der Waals surface area contributed by atoms with Crippen LogP contribution in [0.25, 0.3) is 11.1 Å². The number of benzene rings is 2. The number of carbonyl (C=O) groups excluding carboxylic acids is 3. The molecule has 1 aliphatic rings. The number of nitrogens with two attached hydrogens (primary N) is 3. The molecule has 2 aromatic rings. The third-order valence-electron chi connectivity index (χ3n) is 5.19. The smallest absolute Gasteiger partial charge is 0.407 e. The Labute approximate surface area is 195 Å². The van der Waals surface area contributed by atoms with Crippen molar-refractivity contribution in [3.63, 3.8) is 0 Å². The molecule has 2 atom stereocenters. The molecule has 1 aliphatic carbocycles. The van der Waals surface area contributed by atoms with Crippen LogP contribution in [0.1, 0.15) is 45.1 Å². The summed E-state index contributed by atoms with van der Waals surface area (Å²) in [6.07, 6.45) is 0.428. The number of hydrogen-bond donors (Lipinski definition) is 4. The van der Waals surface area contributed by atoms with Crippen molar-refractivity contribution in [1.29, 1.82) is 0 Å². The van der Waals surface area contributed by atoms with Gasteiger partial charge in [-0.05, 0) is 35.1 Å². The van der Waals surface area contributed by atoms with Crippen LogP contribution >= 0.6 is 0 Å². The van der Waals surface area contributed by atoms with Gasteiger partial charge in [0.05, 0.1) is 14.6 Å². The molecule has 2 aromatic carbocycles. The first-order valence-corrected chi connectivity index (χ1v) is 10.5. The molecule has 3 rings (SSSR count). The molecule has 0 radical (unpaired) electrons. The zero-order valence-corrected chi connectivity index (χ0v) is 18.9. The number of amides is 3. The van der Waals surface area contributed by atoms with Crippen molar-refractivity contribution >= 4 is 17.9 Å². The molecule has 180 valence electrons. The largest absolute Gasteiger partial charge is 0.449 e. The number of primary amides is 2. The summed E-state index contributed by atoms with van der Waals surface area (Å²) in [5, 5.41) is 2.50. The van der Waals surface area contributed by atoms with Gasteiger partial charge in [-0.2, -0.15) is 0 Å². The molecule has 0 spiro atoms. The standard InChI is InChI=1S/C19H20N2O3.C4H10N2O.CH3F/c1-2-17(18(20)22)21-19(23)24-11-16-14-9-5-3-7-12(14)13-8-4-6-10-15(13)16;1-2-3(5)4(6)7;1-2/h3-10,16-17H,2,11H2,1H3,(H2,20,22)(H,21,23);3H,2,5H2,1H3,(H2,6,7);1H3/t17-;3-;/m11./s1/i;;1D. The van der Waals surface area contributed by atoms with Gasteiger partial charge in [0.25, 0.3) is 0 Å². The van der Waals surface area contributed by atoms with Gasteiger partial charge in [0.1, 0.15) is 12.6 Å². The van der Waals surface area contributed by atoms with Crippen LogP contribution in [0.2, 0.25) is 0 Å². The Hall–Kier alpha value is -3.46. The van der Waals surface area contributed by atoms with Gasteiger partial charge in [0.2, 0.25) is 11.8 Å². The summed E-state index contributed by atoms with van der Waals surface area (Å²) in [5.74, 6) is -0.995. The third-order valence-corrected chi connectivity index (χ3v) is 5.19. The minimum atomic E-state index is -1.00. The number of halogens is 1. The molecular weight excluding hydrogens is 427 g/mol. The second-order valence-electron chi connectivity index (χ2n) is 7.25. The van der Waals surface area contributed by atoms with E-state index in [1.807, 2.05) is 31.2 Å². The summed E-state index contributed by atoms with van der Waals surface area (Å²) in [6, 6.07) is 15.1. The monoisotopic (exact) mass is 461 g/mol. The molecule has 0 unspecified atom stereocenters. The minimum absolute atomic E-state index is 0.00296. The quantitative estimate of drug-likeness (QED) is 0.500. The van der Waals surface area contributed by atoms with Crippen LogP contribution in [-0.4, -0.2) is 43.8 Å². The van der Waals surface area contributed by atoms with Gasteiger partial charge in [-0.1, -0.05) is 62.4 Å². The van der Waals surface area contributed by atoms with Gasteiger partial charge < -0.3 is 27.3 Å². The molecule has 0 heterocycles. The number of carbonyl (C=O) groups is 3. The van der Waals surface area contributed by atoms with E-state index in [1.165, 1.54) is 11.1 Å². The highest BCUT2D eigenvalue weighted by Crippen LogP contribution is 2.44. The Morgan fingerprint density at radius 2 is 1.48 bits per heavy atom. The topological polar surface area (TPSA) is 151 Å². The Kier molecular flexibility index (Phi) is 10.8. The lowest BCUT2D eigenvalue weighted by Crippen LogP contribution is -2.44. The van der Waals surface area contributed by atoms with Crippen molar-refractivity contribution in [3.8, 4) is 11.1 Å². The van der Waals surface area contributed by atoms with Gasteiger partial charge in [-0.25, -0.2) is 4.79 Å². The third kappa shape index (κ3) is 7.57.